The molecule has 0 amide bonds. The molecule has 1 N–H and O–H groups in total. The van der Waals surface area contributed by atoms with Crippen LogP contribution in [0.15, 0.2) is 23.5 Å². The third-order valence-electron chi connectivity index (χ3n) is 1.91. The van der Waals surface area contributed by atoms with Crippen LogP contribution >= 0.6 is 0 Å². The van der Waals surface area contributed by atoms with Gasteiger partial charge in [0.2, 0.25) is 0 Å². The van der Waals surface area contributed by atoms with Crippen molar-refractivity contribution in [2.24, 2.45) is 0 Å². The van der Waals surface area contributed by atoms with Gasteiger partial charge >= 0.3 is 5.97 Å². The van der Waals surface area contributed by atoms with Gasteiger partial charge < -0.3 is 9.84 Å². The highest BCUT2D eigenvalue weighted by Crippen LogP contribution is 2.27. The maximum Gasteiger partial charge on any atom is 0.331 e. The molecule has 3 nitrogen and oxygen atoms in total. The van der Waals surface area contributed by atoms with E-state index in [1.165, 1.54) is 6.08 Å². The largest absolute Gasteiger partial charge is 0.512 e. The zero-order valence-corrected chi connectivity index (χ0v) is 5.91. The second-order valence-electron chi connectivity index (χ2n) is 2.74. The molecule has 3 heteroatoms. The van der Waals surface area contributed by atoms with E-state index in [-0.39, 0.29) is 12.1 Å². The van der Waals surface area contributed by atoms with Crippen LogP contribution in [0.3, 0.4) is 0 Å². The van der Waals surface area contributed by atoms with Crippen LogP contribution in [0.25, 0.3) is 0 Å². The minimum Gasteiger partial charge on any atom is -0.512 e. The molecule has 0 fully saturated rings. The van der Waals surface area contributed by atoms with E-state index < -0.39 is 0 Å². The van der Waals surface area contributed by atoms with Gasteiger partial charge in [-0.25, -0.2) is 4.79 Å². The molecule has 2 aliphatic rings. The summed E-state index contributed by atoms with van der Waals surface area (Å²) in [5, 5.41) is 9.10. The van der Waals surface area contributed by atoms with Gasteiger partial charge in [0.1, 0.15) is 6.10 Å². The van der Waals surface area contributed by atoms with Gasteiger partial charge in [0.15, 0.2) is 0 Å². The molecule has 0 bridgehead atoms. The van der Waals surface area contributed by atoms with Crippen molar-refractivity contribution < 1.29 is 14.6 Å². The van der Waals surface area contributed by atoms with Crippen LogP contribution < -0.4 is 0 Å². The van der Waals surface area contributed by atoms with Gasteiger partial charge in [0.05, 0.1) is 5.76 Å². The van der Waals surface area contributed by atoms with Crippen molar-refractivity contribution in [1.82, 2.24) is 0 Å². The van der Waals surface area contributed by atoms with E-state index in [2.05, 4.69) is 0 Å². The third kappa shape index (κ3) is 1.02. The van der Waals surface area contributed by atoms with Crippen molar-refractivity contribution in [1.29, 1.82) is 0 Å². The number of rotatable bonds is 0. The number of carbonyl (C=O) groups excluding carboxylic acids is 1. The molecule has 11 heavy (non-hydrogen) atoms. The summed E-state index contributed by atoms with van der Waals surface area (Å²) in [5.74, 6) is 0.0433. The van der Waals surface area contributed by atoms with Gasteiger partial charge in [-0.15, -0.1) is 0 Å². The Morgan fingerprint density at radius 2 is 2.36 bits per heavy atom. The average molecular weight is 152 g/mol. The van der Waals surface area contributed by atoms with Crippen LogP contribution in [0.2, 0.25) is 0 Å². The first-order valence-corrected chi connectivity index (χ1v) is 3.57. The molecule has 0 spiro atoms. The highest BCUT2D eigenvalue weighted by Gasteiger charge is 2.27. The molecular weight excluding hydrogens is 144 g/mol. The van der Waals surface area contributed by atoms with Gasteiger partial charge in [0, 0.05) is 18.1 Å². The molecule has 58 valence electrons. The van der Waals surface area contributed by atoms with Crippen molar-refractivity contribution in [3.63, 3.8) is 0 Å². The van der Waals surface area contributed by atoms with E-state index >= 15 is 0 Å². The topological polar surface area (TPSA) is 46.5 Å². The standard InChI is InChI=1S/C8H8O3/c9-6-1-2-7-5(3-6)4-8(10)11-7/h3-4,7,9H,1-2H2. The fraction of sp³-hybridized carbons (Fsp3) is 0.375. The third-order valence-corrected chi connectivity index (χ3v) is 1.91. The average Bonchev–Trinajstić information content (AvgIpc) is 2.27. The normalized spacial score (nSPS) is 28.7. The SMILES string of the molecule is O=C1C=C2C=C(O)CCC2O1. The van der Waals surface area contributed by atoms with Crippen molar-refractivity contribution >= 4 is 5.97 Å². The molecule has 1 aliphatic heterocycles. The lowest BCUT2D eigenvalue weighted by molar-refractivity contribution is -0.139. The molecule has 0 radical (unpaired) electrons. The summed E-state index contributed by atoms with van der Waals surface area (Å²) < 4.78 is 4.93. The highest BCUT2D eigenvalue weighted by molar-refractivity contribution is 5.86. The van der Waals surface area contributed by atoms with Gasteiger partial charge in [-0.2, -0.15) is 0 Å². The maximum atomic E-state index is 10.7. The zero-order valence-electron chi connectivity index (χ0n) is 5.91. The summed E-state index contributed by atoms with van der Waals surface area (Å²) in [6, 6.07) is 0. The van der Waals surface area contributed by atoms with E-state index in [1.807, 2.05) is 0 Å². The molecule has 1 unspecified atom stereocenters. The Kier molecular flexibility index (Phi) is 1.24. The molecule has 0 saturated carbocycles. The van der Waals surface area contributed by atoms with Crippen LogP contribution in [0, 0.1) is 0 Å². The quantitative estimate of drug-likeness (QED) is 0.528. The minimum atomic E-state index is -0.295. The van der Waals surface area contributed by atoms with Crippen molar-refractivity contribution in [2.45, 2.75) is 18.9 Å². The first-order chi connectivity index (χ1) is 5.25. The van der Waals surface area contributed by atoms with E-state index in [1.54, 1.807) is 6.08 Å². The lowest BCUT2D eigenvalue weighted by atomic mass is 9.99. The molecule has 1 heterocycles. The maximum absolute atomic E-state index is 10.7. The van der Waals surface area contributed by atoms with Gasteiger partial charge in [-0.05, 0) is 12.5 Å². The fourth-order valence-corrected chi connectivity index (χ4v) is 1.38. The summed E-state index contributed by atoms with van der Waals surface area (Å²) in [6.45, 7) is 0. The van der Waals surface area contributed by atoms with E-state index in [0.717, 1.165) is 5.57 Å². The van der Waals surface area contributed by atoms with Crippen LogP contribution in [-0.2, 0) is 9.53 Å². The molecule has 2 rings (SSSR count). The lowest BCUT2D eigenvalue weighted by Crippen LogP contribution is -2.14. The van der Waals surface area contributed by atoms with Gasteiger partial charge in [-0.1, -0.05) is 0 Å². The molecule has 0 aromatic rings. The number of carbonyl (C=O) groups is 1. The van der Waals surface area contributed by atoms with Crippen molar-refractivity contribution in [3.05, 3.63) is 23.5 Å². The van der Waals surface area contributed by atoms with Crippen LogP contribution in [0.1, 0.15) is 12.8 Å². The molecular formula is C8H8O3. The minimum absolute atomic E-state index is 0.0987. The molecule has 0 aromatic carbocycles. The Bertz CT molecular complexity index is 263. The second kappa shape index (κ2) is 2.12. The number of hydrogen-bond acceptors (Lipinski definition) is 3. The molecule has 0 aromatic heterocycles. The van der Waals surface area contributed by atoms with E-state index in [9.17, 15) is 4.79 Å². The number of fused-ring (bicyclic) bond motifs is 1. The Morgan fingerprint density at radius 1 is 1.55 bits per heavy atom. The number of aliphatic hydroxyl groups is 1. The number of esters is 1. The van der Waals surface area contributed by atoms with Gasteiger partial charge in [-0.3, -0.25) is 0 Å². The summed E-state index contributed by atoms with van der Waals surface area (Å²) >= 11 is 0. The first kappa shape index (κ1) is 6.46. The molecule has 1 atom stereocenters. The van der Waals surface area contributed by atoms with Crippen LogP contribution in [0.5, 0.6) is 0 Å². The predicted molar refractivity (Wildman–Crippen MR) is 37.9 cm³/mol. The van der Waals surface area contributed by atoms with Crippen molar-refractivity contribution in [3.8, 4) is 0 Å². The van der Waals surface area contributed by atoms with E-state index in [0.29, 0.717) is 18.6 Å². The summed E-state index contributed by atoms with van der Waals surface area (Å²) in [4.78, 5) is 10.7. The Labute approximate surface area is 64.0 Å². The first-order valence-electron chi connectivity index (χ1n) is 3.57. The molecule has 0 saturated heterocycles. The second-order valence-corrected chi connectivity index (χ2v) is 2.74. The number of aliphatic hydroxyl groups excluding tert-OH is 1. The number of hydrogen-bond donors (Lipinski definition) is 1. The predicted octanol–water partition coefficient (Wildman–Crippen LogP) is 1.07. The lowest BCUT2D eigenvalue weighted by Gasteiger charge is -2.16. The van der Waals surface area contributed by atoms with Crippen LogP contribution in [0.4, 0.5) is 0 Å². The zero-order chi connectivity index (χ0) is 7.84. The smallest absolute Gasteiger partial charge is 0.331 e. The van der Waals surface area contributed by atoms with E-state index in [4.69, 9.17) is 9.84 Å². The fourth-order valence-electron chi connectivity index (χ4n) is 1.38. The number of ether oxygens (including phenoxy) is 1. The highest BCUT2D eigenvalue weighted by atomic mass is 16.5. The number of allylic oxidation sites excluding steroid dienone is 1. The summed E-state index contributed by atoms with van der Waals surface area (Å²) in [7, 11) is 0. The summed E-state index contributed by atoms with van der Waals surface area (Å²) in [6.07, 6.45) is 4.26. The monoisotopic (exact) mass is 152 g/mol. The van der Waals surface area contributed by atoms with Crippen molar-refractivity contribution in [2.75, 3.05) is 0 Å². The van der Waals surface area contributed by atoms with Crippen LogP contribution in [-0.4, -0.2) is 17.2 Å². The molecule has 1 aliphatic carbocycles. The van der Waals surface area contributed by atoms with Gasteiger partial charge in [0.25, 0.3) is 0 Å². The Hall–Kier alpha value is -1.25. The Balaban J connectivity index is 2.31. The summed E-state index contributed by atoms with van der Waals surface area (Å²) in [5.41, 5.74) is 0.804. The Morgan fingerprint density at radius 3 is 3.18 bits per heavy atom.